The number of aryl methyl sites for hydroxylation is 1. The highest BCUT2D eigenvalue weighted by molar-refractivity contribution is 5.76. The Kier molecular flexibility index (Phi) is 4.75. The van der Waals surface area contributed by atoms with Gasteiger partial charge in [0.1, 0.15) is 0 Å². The Labute approximate surface area is 149 Å². The normalized spacial score (nSPS) is 22.0. The first-order valence-electron chi connectivity index (χ1n) is 9.73. The van der Waals surface area contributed by atoms with Crippen molar-refractivity contribution in [2.75, 3.05) is 37.6 Å². The lowest BCUT2D eigenvalue weighted by Crippen LogP contribution is -2.36. The van der Waals surface area contributed by atoms with Gasteiger partial charge in [-0.15, -0.1) is 0 Å². The molecule has 2 aromatic rings. The van der Waals surface area contributed by atoms with Gasteiger partial charge in [-0.05, 0) is 57.3 Å². The molecule has 2 aliphatic rings. The van der Waals surface area contributed by atoms with Gasteiger partial charge >= 0.3 is 0 Å². The molecule has 0 aliphatic carbocycles. The highest BCUT2D eigenvalue weighted by Gasteiger charge is 2.28. The van der Waals surface area contributed by atoms with Crippen LogP contribution in [0.1, 0.15) is 32.6 Å². The Hall–Kier alpha value is -1.88. The van der Waals surface area contributed by atoms with E-state index in [1.807, 2.05) is 35.8 Å². The summed E-state index contributed by atoms with van der Waals surface area (Å²) in [6, 6.07) is 7.96. The van der Waals surface area contributed by atoms with Crippen molar-refractivity contribution in [2.24, 2.45) is 5.92 Å². The van der Waals surface area contributed by atoms with Crippen LogP contribution in [-0.4, -0.2) is 47.2 Å². The standard InChI is InChI=1S/C20H28N4O/c1-2-24-18-9-5-4-8-17(18)21-19(20(24)25)23-13-10-16(15-23)14-22-11-6-3-7-12-22/h4-5,8-9,16H,2-3,6-7,10-15H2,1H3/t16-/m0/s1. The number of piperidine rings is 1. The molecule has 134 valence electrons. The number of anilines is 1. The SMILES string of the molecule is CCn1c(=O)c(N2CC[C@@H](CN3CCCCC3)C2)nc2ccccc21. The van der Waals surface area contributed by atoms with Gasteiger partial charge in [-0.2, -0.15) is 0 Å². The molecule has 5 heteroatoms. The van der Waals surface area contributed by atoms with Crippen molar-refractivity contribution in [3.63, 3.8) is 0 Å². The van der Waals surface area contributed by atoms with E-state index in [1.54, 1.807) is 0 Å². The Balaban J connectivity index is 1.56. The second kappa shape index (κ2) is 7.16. The monoisotopic (exact) mass is 340 g/mol. The van der Waals surface area contributed by atoms with E-state index in [-0.39, 0.29) is 5.56 Å². The minimum atomic E-state index is 0.0554. The topological polar surface area (TPSA) is 41.4 Å². The summed E-state index contributed by atoms with van der Waals surface area (Å²) in [5, 5.41) is 0. The molecule has 2 fully saturated rings. The molecule has 1 aromatic heterocycles. The minimum Gasteiger partial charge on any atom is -0.352 e. The third kappa shape index (κ3) is 3.30. The number of aromatic nitrogens is 2. The van der Waals surface area contributed by atoms with Gasteiger partial charge in [0, 0.05) is 26.2 Å². The lowest BCUT2D eigenvalue weighted by atomic mass is 10.1. The van der Waals surface area contributed by atoms with E-state index in [0.29, 0.717) is 18.3 Å². The van der Waals surface area contributed by atoms with Gasteiger partial charge in [0.05, 0.1) is 11.0 Å². The first-order valence-corrected chi connectivity index (χ1v) is 9.73. The molecule has 2 aliphatic heterocycles. The lowest BCUT2D eigenvalue weighted by molar-refractivity contribution is 0.201. The molecule has 2 saturated heterocycles. The average Bonchev–Trinajstić information content (AvgIpc) is 3.10. The van der Waals surface area contributed by atoms with Crippen LogP contribution >= 0.6 is 0 Å². The van der Waals surface area contributed by atoms with Gasteiger partial charge in [0.25, 0.3) is 5.56 Å². The number of hydrogen-bond donors (Lipinski definition) is 0. The van der Waals surface area contributed by atoms with Crippen LogP contribution in [0.4, 0.5) is 5.82 Å². The van der Waals surface area contributed by atoms with Crippen LogP contribution in [0.25, 0.3) is 11.0 Å². The first kappa shape index (κ1) is 16.6. The van der Waals surface area contributed by atoms with Crippen molar-refractivity contribution >= 4 is 16.9 Å². The summed E-state index contributed by atoms with van der Waals surface area (Å²) in [6.07, 6.45) is 5.22. The van der Waals surface area contributed by atoms with Crippen molar-refractivity contribution in [1.29, 1.82) is 0 Å². The molecular weight excluding hydrogens is 312 g/mol. The van der Waals surface area contributed by atoms with Gasteiger partial charge in [-0.25, -0.2) is 4.98 Å². The molecule has 3 heterocycles. The van der Waals surface area contributed by atoms with E-state index in [1.165, 1.54) is 38.9 Å². The minimum absolute atomic E-state index is 0.0554. The van der Waals surface area contributed by atoms with Crippen LogP contribution < -0.4 is 10.5 Å². The lowest BCUT2D eigenvalue weighted by Gasteiger charge is -2.29. The molecule has 0 bridgehead atoms. The number of rotatable bonds is 4. The van der Waals surface area contributed by atoms with Crippen molar-refractivity contribution in [1.82, 2.24) is 14.5 Å². The quantitative estimate of drug-likeness (QED) is 0.858. The fraction of sp³-hybridized carbons (Fsp3) is 0.600. The van der Waals surface area contributed by atoms with Crippen LogP contribution in [-0.2, 0) is 6.54 Å². The summed E-state index contributed by atoms with van der Waals surface area (Å²) < 4.78 is 1.86. The molecule has 0 radical (unpaired) electrons. The van der Waals surface area contributed by atoms with Gasteiger partial charge in [0.15, 0.2) is 5.82 Å². The highest BCUT2D eigenvalue weighted by Crippen LogP contribution is 2.23. The second-order valence-electron chi connectivity index (χ2n) is 7.44. The number of nitrogens with zero attached hydrogens (tertiary/aromatic N) is 4. The van der Waals surface area contributed by atoms with Crippen molar-refractivity contribution in [3.8, 4) is 0 Å². The number of likely N-dealkylation sites (tertiary alicyclic amines) is 1. The van der Waals surface area contributed by atoms with Crippen LogP contribution in [0.3, 0.4) is 0 Å². The summed E-state index contributed by atoms with van der Waals surface area (Å²) in [6.45, 7) is 8.27. The fourth-order valence-corrected chi connectivity index (χ4v) is 4.38. The van der Waals surface area contributed by atoms with E-state index in [4.69, 9.17) is 4.98 Å². The Morgan fingerprint density at radius 1 is 1.12 bits per heavy atom. The fourth-order valence-electron chi connectivity index (χ4n) is 4.38. The zero-order chi connectivity index (χ0) is 17.2. The number of para-hydroxylation sites is 2. The summed E-state index contributed by atoms with van der Waals surface area (Å²) in [5.74, 6) is 1.29. The van der Waals surface area contributed by atoms with Gasteiger partial charge in [-0.1, -0.05) is 18.6 Å². The zero-order valence-electron chi connectivity index (χ0n) is 15.2. The smallest absolute Gasteiger partial charge is 0.293 e. The molecule has 5 nitrogen and oxygen atoms in total. The Bertz CT molecular complexity index is 794. The maximum absolute atomic E-state index is 12.9. The summed E-state index contributed by atoms with van der Waals surface area (Å²) >= 11 is 0. The molecule has 0 spiro atoms. The van der Waals surface area contributed by atoms with Gasteiger partial charge in [-0.3, -0.25) is 4.79 Å². The maximum atomic E-state index is 12.9. The van der Waals surface area contributed by atoms with E-state index < -0.39 is 0 Å². The average molecular weight is 340 g/mol. The number of benzene rings is 1. The van der Waals surface area contributed by atoms with Crippen molar-refractivity contribution < 1.29 is 0 Å². The molecule has 0 amide bonds. The van der Waals surface area contributed by atoms with E-state index in [9.17, 15) is 4.79 Å². The van der Waals surface area contributed by atoms with Crippen LogP contribution in [0.15, 0.2) is 29.1 Å². The van der Waals surface area contributed by atoms with Crippen LogP contribution in [0.5, 0.6) is 0 Å². The summed E-state index contributed by atoms with van der Waals surface area (Å²) in [7, 11) is 0. The van der Waals surface area contributed by atoms with Gasteiger partial charge in [0.2, 0.25) is 0 Å². The Morgan fingerprint density at radius 3 is 2.72 bits per heavy atom. The zero-order valence-corrected chi connectivity index (χ0v) is 15.2. The predicted molar refractivity (Wildman–Crippen MR) is 102 cm³/mol. The molecule has 0 saturated carbocycles. The third-order valence-electron chi connectivity index (χ3n) is 5.70. The van der Waals surface area contributed by atoms with E-state index in [0.717, 1.165) is 30.5 Å². The van der Waals surface area contributed by atoms with Crippen LogP contribution in [0, 0.1) is 5.92 Å². The maximum Gasteiger partial charge on any atom is 0.293 e. The van der Waals surface area contributed by atoms with E-state index >= 15 is 0 Å². The molecule has 1 aromatic carbocycles. The molecule has 0 unspecified atom stereocenters. The second-order valence-corrected chi connectivity index (χ2v) is 7.44. The van der Waals surface area contributed by atoms with Crippen LogP contribution in [0.2, 0.25) is 0 Å². The van der Waals surface area contributed by atoms with Crippen molar-refractivity contribution in [3.05, 3.63) is 34.6 Å². The highest BCUT2D eigenvalue weighted by atomic mass is 16.1. The molecule has 0 N–H and O–H groups in total. The molecular formula is C20H28N4O. The largest absolute Gasteiger partial charge is 0.352 e. The first-order chi connectivity index (χ1) is 12.3. The number of fused-ring (bicyclic) bond motifs is 1. The van der Waals surface area contributed by atoms with Crippen molar-refractivity contribution in [2.45, 2.75) is 39.2 Å². The van der Waals surface area contributed by atoms with E-state index in [2.05, 4.69) is 9.80 Å². The summed E-state index contributed by atoms with van der Waals surface area (Å²) in [4.78, 5) is 22.5. The van der Waals surface area contributed by atoms with Gasteiger partial charge < -0.3 is 14.4 Å². The Morgan fingerprint density at radius 2 is 1.92 bits per heavy atom. The number of hydrogen-bond acceptors (Lipinski definition) is 4. The molecule has 1 atom stereocenters. The predicted octanol–water partition coefficient (Wildman–Crippen LogP) is 2.73. The molecule has 25 heavy (non-hydrogen) atoms. The summed E-state index contributed by atoms with van der Waals surface area (Å²) in [5.41, 5.74) is 1.90. The third-order valence-corrected chi connectivity index (χ3v) is 5.70. The molecule has 4 rings (SSSR count).